The van der Waals surface area contributed by atoms with Gasteiger partial charge in [0.25, 0.3) is 0 Å². The van der Waals surface area contributed by atoms with Gasteiger partial charge in [-0.3, -0.25) is 4.79 Å². The summed E-state index contributed by atoms with van der Waals surface area (Å²) in [5.41, 5.74) is 7.05. The second-order valence-electron chi connectivity index (χ2n) is 6.71. The minimum Gasteiger partial charge on any atom is -0.497 e. The van der Waals surface area contributed by atoms with Gasteiger partial charge >= 0.3 is 0 Å². The van der Waals surface area contributed by atoms with E-state index >= 15 is 0 Å². The number of halogens is 1. The number of carbonyl (C=O) groups excluding carboxylic acids is 1. The third-order valence-corrected chi connectivity index (χ3v) is 3.96. The number of rotatable bonds is 7. The Labute approximate surface area is 149 Å². The maximum atomic E-state index is 12.4. The Morgan fingerprint density at radius 1 is 1.42 bits per heavy atom. The Balaban J connectivity index is 0.00000288. The predicted molar refractivity (Wildman–Crippen MR) is 98.8 cm³/mol. The zero-order chi connectivity index (χ0) is 17.0. The van der Waals surface area contributed by atoms with Gasteiger partial charge in [-0.25, -0.2) is 0 Å². The van der Waals surface area contributed by atoms with Crippen molar-refractivity contribution < 1.29 is 13.9 Å². The molecule has 0 aliphatic rings. The van der Waals surface area contributed by atoms with Gasteiger partial charge in [0, 0.05) is 29.1 Å². The van der Waals surface area contributed by atoms with E-state index in [1.165, 1.54) is 0 Å². The fourth-order valence-corrected chi connectivity index (χ4v) is 2.97. The topological polar surface area (TPSA) is 77.5 Å². The summed E-state index contributed by atoms with van der Waals surface area (Å²) in [5, 5.41) is 4.00. The predicted octanol–water partition coefficient (Wildman–Crippen LogP) is 3.29. The van der Waals surface area contributed by atoms with Crippen LogP contribution in [0.4, 0.5) is 0 Å². The van der Waals surface area contributed by atoms with Crippen LogP contribution in [0, 0.1) is 5.92 Å². The van der Waals surface area contributed by atoms with Crippen molar-refractivity contribution >= 4 is 29.3 Å². The summed E-state index contributed by atoms with van der Waals surface area (Å²) < 4.78 is 10.7. The molecular formula is C18H27ClN2O3. The molecule has 0 radical (unpaired) electrons. The lowest BCUT2D eigenvalue weighted by Crippen LogP contribution is -2.52. The van der Waals surface area contributed by atoms with Gasteiger partial charge in [0.05, 0.1) is 19.8 Å². The number of ether oxygens (including phenoxy) is 1. The number of amides is 1. The number of nitrogens with one attached hydrogen (secondary N) is 1. The molecule has 1 unspecified atom stereocenters. The van der Waals surface area contributed by atoms with Gasteiger partial charge in [-0.1, -0.05) is 13.8 Å². The van der Waals surface area contributed by atoms with Crippen molar-refractivity contribution in [2.24, 2.45) is 11.7 Å². The van der Waals surface area contributed by atoms with E-state index in [1.54, 1.807) is 13.4 Å². The summed E-state index contributed by atoms with van der Waals surface area (Å²) in [6.07, 6.45) is 2.75. The molecule has 0 aliphatic heterocycles. The number of carbonyl (C=O) groups is 1. The lowest BCUT2D eigenvalue weighted by atomic mass is 9.90. The van der Waals surface area contributed by atoms with Crippen LogP contribution in [0.3, 0.4) is 0 Å². The molecule has 6 heteroatoms. The highest BCUT2D eigenvalue weighted by molar-refractivity contribution is 5.88. The minimum atomic E-state index is -0.381. The van der Waals surface area contributed by atoms with Gasteiger partial charge in [0.15, 0.2) is 0 Å². The SMILES string of the molecule is COc1ccc2c(CC(=O)NC(C)(CN)CC(C)C)coc2c1.Cl. The fourth-order valence-electron chi connectivity index (χ4n) is 2.97. The Bertz CT molecular complexity index is 684. The van der Waals surface area contributed by atoms with Crippen molar-refractivity contribution in [3.8, 4) is 5.75 Å². The molecule has 0 spiro atoms. The van der Waals surface area contributed by atoms with E-state index in [1.807, 2.05) is 25.1 Å². The van der Waals surface area contributed by atoms with Crippen LogP contribution in [0.25, 0.3) is 11.0 Å². The average Bonchev–Trinajstić information content (AvgIpc) is 2.88. The molecule has 1 aromatic heterocycles. The molecule has 2 rings (SSSR count). The number of hydrogen-bond acceptors (Lipinski definition) is 4. The minimum absolute atomic E-state index is 0. The van der Waals surface area contributed by atoms with Crippen molar-refractivity contribution in [2.45, 2.75) is 39.2 Å². The highest BCUT2D eigenvalue weighted by atomic mass is 35.5. The van der Waals surface area contributed by atoms with Crippen LogP contribution in [-0.2, 0) is 11.2 Å². The molecule has 0 aliphatic carbocycles. The quantitative estimate of drug-likeness (QED) is 0.799. The Morgan fingerprint density at radius 2 is 2.12 bits per heavy atom. The Hall–Kier alpha value is -1.72. The van der Waals surface area contributed by atoms with Crippen LogP contribution in [0.5, 0.6) is 5.75 Å². The van der Waals surface area contributed by atoms with E-state index in [-0.39, 0.29) is 30.3 Å². The second kappa shape index (κ2) is 8.40. The van der Waals surface area contributed by atoms with E-state index in [0.29, 0.717) is 12.5 Å². The van der Waals surface area contributed by atoms with E-state index in [9.17, 15) is 4.79 Å². The molecule has 24 heavy (non-hydrogen) atoms. The van der Waals surface area contributed by atoms with E-state index in [0.717, 1.165) is 28.7 Å². The Morgan fingerprint density at radius 3 is 2.71 bits per heavy atom. The van der Waals surface area contributed by atoms with Crippen LogP contribution in [0.1, 0.15) is 32.8 Å². The first-order chi connectivity index (χ1) is 10.9. The smallest absolute Gasteiger partial charge is 0.225 e. The molecule has 0 fully saturated rings. The monoisotopic (exact) mass is 354 g/mol. The molecule has 1 amide bonds. The van der Waals surface area contributed by atoms with Crippen molar-refractivity contribution in [1.29, 1.82) is 0 Å². The fraction of sp³-hybridized carbons (Fsp3) is 0.500. The van der Waals surface area contributed by atoms with Crippen molar-refractivity contribution in [3.63, 3.8) is 0 Å². The molecule has 1 aromatic carbocycles. The van der Waals surface area contributed by atoms with Crippen molar-refractivity contribution in [1.82, 2.24) is 5.32 Å². The average molecular weight is 355 g/mol. The molecule has 5 nitrogen and oxygen atoms in total. The standard InChI is InChI=1S/C18H26N2O3.ClH/c1-12(2)9-18(3,11-19)20-17(21)7-13-10-23-16-8-14(22-4)5-6-15(13)16;/h5-6,8,10,12H,7,9,11,19H2,1-4H3,(H,20,21);1H. The number of fused-ring (bicyclic) bond motifs is 1. The van der Waals surface area contributed by atoms with Gasteiger partial charge in [-0.2, -0.15) is 0 Å². The maximum Gasteiger partial charge on any atom is 0.225 e. The van der Waals surface area contributed by atoms with Gasteiger partial charge in [-0.15, -0.1) is 12.4 Å². The zero-order valence-corrected chi connectivity index (χ0v) is 15.5. The summed E-state index contributed by atoms with van der Waals surface area (Å²) >= 11 is 0. The summed E-state index contributed by atoms with van der Waals surface area (Å²) in [4.78, 5) is 12.4. The lowest BCUT2D eigenvalue weighted by Gasteiger charge is -2.31. The normalized spacial score (nSPS) is 13.4. The second-order valence-corrected chi connectivity index (χ2v) is 6.71. The van der Waals surface area contributed by atoms with Crippen LogP contribution in [0.15, 0.2) is 28.9 Å². The first kappa shape index (κ1) is 20.3. The van der Waals surface area contributed by atoms with Crippen molar-refractivity contribution in [3.05, 3.63) is 30.0 Å². The third-order valence-electron chi connectivity index (χ3n) is 3.96. The van der Waals surface area contributed by atoms with Crippen LogP contribution < -0.4 is 15.8 Å². The summed E-state index contributed by atoms with van der Waals surface area (Å²) in [6, 6.07) is 5.60. The van der Waals surface area contributed by atoms with Gasteiger partial charge < -0.3 is 20.2 Å². The van der Waals surface area contributed by atoms with Crippen LogP contribution in [-0.4, -0.2) is 25.1 Å². The van der Waals surface area contributed by atoms with Gasteiger partial charge in [0.1, 0.15) is 11.3 Å². The highest BCUT2D eigenvalue weighted by Crippen LogP contribution is 2.26. The lowest BCUT2D eigenvalue weighted by molar-refractivity contribution is -0.122. The maximum absolute atomic E-state index is 12.4. The first-order valence-electron chi connectivity index (χ1n) is 7.92. The van der Waals surface area contributed by atoms with Gasteiger partial charge in [-0.05, 0) is 31.4 Å². The third kappa shape index (κ3) is 4.89. The number of furan rings is 1. The molecule has 1 atom stereocenters. The van der Waals surface area contributed by atoms with Crippen LogP contribution >= 0.6 is 12.4 Å². The molecule has 3 N–H and O–H groups in total. The summed E-state index contributed by atoms with van der Waals surface area (Å²) in [6.45, 7) is 6.65. The van der Waals surface area contributed by atoms with E-state index in [2.05, 4.69) is 19.2 Å². The highest BCUT2D eigenvalue weighted by Gasteiger charge is 2.26. The molecule has 0 saturated carbocycles. The molecule has 0 bridgehead atoms. The number of nitrogens with two attached hydrogens (primary N) is 1. The molecule has 134 valence electrons. The largest absolute Gasteiger partial charge is 0.497 e. The Kier molecular flexibility index (Phi) is 7.11. The number of methoxy groups -OCH3 is 1. The molecule has 0 saturated heterocycles. The number of benzene rings is 1. The molecular weight excluding hydrogens is 328 g/mol. The first-order valence-corrected chi connectivity index (χ1v) is 7.92. The van der Waals surface area contributed by atoms with Crippen LogP contribution in [0.2, 0.25) is 0 Å². The summed E-state index contributed by atoms with van der Waals surface area (Å²) in [7, 11) is 1.61. The molecule has 2 aromatic rings. The molecule has 1 heterocycles. The van der Waals surface area contributed by atoms with E-state index < -0.39 is 0 Å². The van der Waals surface area contributed by atoms with E-state index in [4.69, 9.17) is 14.9 Å². The zero-order valence-electron chi connectivity index (χ0n) is 14.7. The summed E-state index contributed by atoms with van der Waals surface area (Å²) in [5.74, 6) is 1.15. The van der Waals surface area contributed by atoms with Gasteiger partial charge in [0.2, 0.25) is 5.91 Å². The van der Waals surface area contributed by atoms with Crippen molar-refractivity contribution in [2.75, 3.05) is 13.7 Å². The number of hydrogen-bond donors (Lipinski definition) is 2.